The second-order valence-electron chi connectivity index (χ2n) is 6.32. The van der Waals surface area contributed by atoms with Gasteiger partial charge in [-0.15, -0.1) is 0 Å². The fraction of sp³-hybridized carbons (Fsp3) is 0.933. The lowest BCUT2D eigenvalue weighted by Crippen LogP contribution is -2.47. The maximum Gasteiger partial charge on any atom is 0.225 e. The van der Waals surface area contributed by atoms with Crippen LogP contribution in [0, 0.1) is 5.92 Å². The summed E-state index contributed by atoms with van der Waals surface area (Å²) in [6.07, 6.45) is 6.17. The second-order valence-corrected chi connectivity index (χ2v) is 6.32. The molecule has 1 heterocycles. The third-order valence-electron chi connectivity index (χ3n) is 4.78. The second kappa shape index (κ2) is 6.71. The van der Waals surface area contributed by atoms with Crippen molar-refractivity contribution in [1.82, 2.24) is 9.80 Å². The lowest BCUT2D eigenvalue weighted by Gasteiger charge is -2.35. The fourth-order valence-electron chi connectivity index (χ4n) is 3.48. The number of hydrogen-bond acceptors (Lipinski definition) is 3. The van der Waals surface area contributed by atoms with Crippen molar-refractivity contribution in [3.05, 3.63) is 0 Å². The molecule has 2 N–H and O–H groups in total. The fourth-order valence-corrected chi connectivity index (χ4v) is 3.48. The van der Waals surface area contributed by atoms with Crippen molar-refractivity contribution in [2.24, 2.45) is 11.7 Å². The molecule has 19 heavy (non-hydrogen) atoms. The first-order valence-electron chi connectivity index (χ1n) is 7.86. The van der Waals surface area contributed by atoms with Gasteiger partial charge in [0.1, 0.15) is 0 Å². The SMILES string of the molecule is CCC1CN(C)CCCN1C(=O)C1CCC(N)CC1. The summed E-state index contributed by atoms with van der Waals surface area (Å²) in [5, 5.41) is 0. The van der Waals surface area contributed by atoms with Gasteiger partial charge in [0.25, 0.3) is 0 Å². The number of rotatable bonds is 2. The molecule has 110 valence electrons. The van der Waals surface area contributed by atoms with Crippen LogP contribution >= 0.6 is 0 Å². The molecule has 1 saturated heterocycles. The van der Waals surface area contributed by atoms with Crippen molar-refractivity contribution < 1.29 is 4.79 Å². The number of nitrogens with two attached hydrogens (primary N) is 1. The summed E-state index contributed by atoms with van der Waals surface area (Å²) in [5.41, 5.74) is 5.94. The molecule has 0 aromatic heterocycles. The molecule has 1 atom stereocenters. The highest BCUT2D eigenvalue weighted by atomic mass is 16.2. The minimum atomic E-state index is 0.234. The summed E-state index contributed by atoms with van der Waals surface area (Å²) >= 11 is 0. The number of amides is 1. The molecular formula is C15H29N3O. The van der Waals surface area contributed by atoms with Gasteiger partial charge in [-0.2, -0.15) is 0 Å². The minimum Gasteiger partial charge on any atom is -0.338 e. The van der Waals surface area contributed by atoms with Crippen molar-refractivity contribution in [2.75, 3.05) is 26.7 Å². The molecule has 0 bridgehead atoms. The van der Waals surface area contributed by atoms with Crippen molar-refractivity contribution >= 4 is 5.91 Å². The number of carbonyl (C=O) groups excluding carboxylic acids is 1. The Bertz CT molecular complexity index is 300. The molecule has 1 saturated carbocycles. The van der Waals surface area contributed by atoms with E-state index >= 15 is 0 Å². The van der Waals surface area contributed by atoms with Crippen LogP contribution in [-0.2, 0) is 4.79 Å². The molecule has 1 amide bonds. The third-order valence-corrected chi connectivity index (χ3v) is 4.78. The average Bonchev–Trinajstić information content (AvgIpc) is 2.60. The van der Waals surface area contributed by atoms with Gasteiger partial charge in [0.2, 0.25) is 5.91 Å². The molecular weight excluding hydrogens is 238 g/mol. The highest BCUT2D eigenvalue weighted by molar-refractivity contribution is 5.79. The predicted octanol–water partition coefficient (Wildman–Crippen LogP) is 1.45. The molecule has 2 aliphatic rings. The lowest BCUT2D eigenvalue weighted by atomic mass is 9.85. The normalized spacial score (nSPS) is 34.1. The van der Waals surface area contributed by atoms with Gasteiger partial charge in [-0.3, -0.25) is 4.79 Å². The summed E-state index contributed by atoms with van der Waals surface area (Å²) < 4.78 is 0. The molecule has 1 aliphatic heterocycles. The summed E-state index contributed by atoms with van der Waals surface area (Å²) in [6.45, 7) is 5.26. The monoisotopic (exact) mass is 267 g/mol. The third kappa shape index (κ3) is 3.69. The van der Waals surface area contributed by atoms with Crippen LogP contribution in [0.1, 0.15) is 45.4 Å². The molecule has 0 aromatic rings. The van der Waals surface area contributed by atoms with E-state index < -0.39 is 0 Å². The van der Waals surface area contributed by atoms with Crippen LogP contribution in [0.15, 0.2) is 0 Å². The summed E-state index contributed by atoms with van der Waals surface area (Å²) in [6, 6.07) is 0.719. The first-order valence-corrected chi connectivity index (χ1v) is 7.86. The van der Waals surface area contributed by atoms with E-state index in [0.717, 1.165) is 58.2 Å². The maximum absolute atomic E-state index is 12.8. The molecule has 0 aromatic carbocycles. The zero-order valence-corrected chi connectivity index (χ0v) is 12.5. The van der Waals surface area contributed by atoms with Crippen LogP contribution in [0.25, 0.3) is 0 Å². The number of nitrogens with zero attached hydrogens (tertiary/aromatic N) is 2. The van der Waals surface area contributed by atoms with E-state index in [1.807, 2.05) is 0 Å². The number of hydrogen-bond donors (Lipinski definition) is 1. The molecule has 1 unspecified atom stereocenters. The quantitative estimate of drug-likeness (QED) is 0.824. The van der Waals surface area contributed by atoms with Gasteiger partial charge >= 0.3 is 0 Å². The molecule has 1 aliphatic carbocycles. The number of carbonyl (C=O) groups is 1. The zero-order chi connectivity index (χ0) is 13.8. The molecule has 2 fully saturated rings. The van der Waals surface area contributed by atoms with E-state index in [1.165, 1.54) is 0 Å². The van der Waals surface area contributed by atoms with Gasteiger partial charge in [0, 0.05) is 31.1 Å². The molecule has 0 radical (unpaired) electrons. The van der Waals surface area contributed by atoms with Crippen LogP contribution in [0.2, 0.25) is 0 Å². The topological polar surface area (TPSA) is 49.6 Å². The Morgan fingerprint density at radius 2 is 1.89 bits per heavy atom. The highest BCUT2D eigenvalue weighted by Gasteiger charge is 2.32. The lowest BCUT2D eigenvalue weighted by molar-refractivity contribution is -0.139. The Kier molecular flexibility index (Phi) is 5.22. The van der Waals surface area contributed by atoms with Crippen LogP contribution in [0.5, 0.6) is 0 Å². The maximum atomic E-state index is 12.8. The predicted molar refractivity (Wildman–Crippen MR) is 77.8 cm³/mol. The van der Waals surface area contributed by atoms with Crippen LogP contribution < -0.4 is 5.73 Å². The van der Waals surface area contributed by atoms with E-state index in [1.54, 1.807) is 0 Å². The Hall–Kier alpha value is -0.610. The van der Waals surface area contributed by atoms with Crippen molar-refractivity contribution in [3.8, 4) is 0 Å². The van der Waals surface area contributed by atoms with Crippen molar-refractivity contribution in [2.45, 2.75) is 57.5 Å². The van der Waals surface area contributed by atoms with Crippen LogP contribution in [0.3, 0.4) is 0 Å². The minimum absolute atomic E-state index is 0.234. The molecule has 0 spiro atoms. The van der Waals surface area contributed by atoms with Crippen LogP contribution in [-0.4, -0.2) is 54.5 Å². The van der Waals surface area contributed by atoms with Gasteiger partial charge in [-0.25, -0.2) is 0 Å². The van der Waals surface area contributed by atoms with Crippen molar-refractivity contribution in [3.63, 3.8) is 0 Å². The van der Waals surface area contributed by atoms with E-state index in [2.05, 4.69) is 23.8 Å². The van der Waals surface area contributed by atoms with Gasteiger partial charge in [0.15, 0.2) is 0 Å². The first-order chi connectivity index (χ1) is 9.11. The standard InChI is InChI=1S/C15H29N3O/c1-3-14-11-17(2)9-4-10-18(14)15(19)12-5-7-13(16)8-6-12/h12-14H,3-11,16H2,1-2H3. The molecule has 4 heteroatoms. The van der Waals surface area contributed by atoms with Gasteiger partial charge in [-0.05, 0) is 52.1 Å². The largest absolute Gasteiger partial charge is 0.338 e. The Balaban J connectivity index is 1.99. The smallest absolute Gasteiger partial charge is 0.225 e. The Morgan fingerprint density at radius 1 is 1.21 bits per heavy atom. The summed E-state index contributed by atoms with van der Waals surface area (Å²) in [5.74, 6) is 0.631. The van der Waals surface area contributed by atoms with E-state index in [9.17, 15) is 4.79 Å². The Labute approximate surface area is 117 Å². The number of likely N-dealkylation sites (N-methyl/N-ethyl adjacent to an activating group) is 1. The van der Waals surface area contributed by atoms with Crippen molar-refractivity contribution in [1.29, 1.82) is 0 Å². The van der Waals surface area contributed by atoms with E-state index in [4.69, 9.17) is 5.73 Å². The highest BCUT2D eigenvalue weighted by Crippen LogP contribution is 2.27. The molecule has 4 nitrogen and oxygen atoms in total. The average molecular weight is 267 g/mol. The van der Waals surface area contributed by atoms with Gasteiger partial charge in [0.05, 0.1) is 0 Å². The van der Waals surface area contributed by atoms with E-state index in [0.29, 0.717) is 18.0 Å². The van der Waals surface area contributed by atoms with Gasteiger partial charge in [-0.1, -0.05) is 6.92 Å². The zero-order valence-electron chi connectivity index (χ0n) is 12.5. The summed E-state index contributed by atoms with van der Waals surface area (Å²) in [7, 11) is 2.16. The Morgan fingerprint density at radius 3 is 2.53 bits per heavy atom. The molecule has 2 rings (SSSR count). The van der Waals surface area contributed by atoms with Crippen LogP contribution in [0.4, 0.5) is 0 Å². The van der Waals surface area contributed by atoms with Gasteiger partial charge < -0.3 is 15.5 Å². The van der Waals surface area contributed by atoms with E-state index in [-0.39, 0.29) is 5.92 Å². The summed E-state index contributed by atoms with van der Waals surface area (Å²) in [4.78, 5) is 17.3. The first kappa shape index (κ1) is 14.8.